The minimum atomic E-state index is -0.312. The first kappa shape index (κ1) is 25.2. The molecule has 2 aliphatic heterocycles. The summed E-state index contributed by atoms with van der Waals surface area (Å²) in [5.41, 5.74) is 2.15. The second-order valence-corrected chi connectivity index (χ2v) is 10.0. The number of hydrogen-bond donors (Lipinski definition) is 2. The summed E-state index contributed by atoms with van der Waals surface area (Å²) in [4.78, 5) is 33.2. The van der Waals surface area contributed by atoms with Crippen LogP contribution in [-0.4, -0.2) is 62.8 Å². The van der Waals surface area contributed by atoms with Crippen LogP contribution < -0.4 is 20.3 Å². The lowest BCUT2D eigenvalue weighted by molar-refractivity contribution is -0.122. The highest BCUT2D eigenvalue weighted by Crippen LogP contribution is 2.36. The van der Waals surface area contributed by atoms with E-state index in [0.717, 1.165) is 22.9 Å². The second-order valence-electron chi connectivity index (χ2n) is 8.33. The zero-order valence-corrected chi connectivity index (χ0v) is 21.6. The van der Waals surface area contributed by atoms with Gasteiger partial charge in [-0.05, 0) is 42.3 Å². The number of nitrogens with one attached hydrogen (secondary N) is 1. The van der Waals surface area contributed by atoms with E-state index in [0.29, 0.717) is 45.3 Å². The number of aliphatic hydroxyl groups excluding tert-OH is 1. The van der Waals surface area contributed by atoms with Crippen LogP contribution in [0.4, 0.5) is 5.82 Å². The zero-order chi connectivity index (χ0) is 25.9. The molecule has 1 amide bonds. The third-order valence-corrected chi connectivity index (χ3v) is 7.08. The highest BCUT2D eigenvalue weighted by Gasteiger charge is 2.33. The molecule has 0 unspecified atom stereocenters. The second kappa shape index (κ2) is 10.9. The van der Waals surface area contributed by atoms with E-state index in [1.54, 1.807) is 24.4 Å². The van der Waals surface area contributed by atoms with E-state index in [2.05, 4.69) is 10.3 Å². The van der Waals surface area contributed by atoms with E-state index in [4.69, 9.17) is 31.5 Å². The van der Waals surface area contributed by atoms with Crippen LogP contribution in [0.2, 0.25) is 0 Å². The normalized spacial score (nSPS) is 15.8. The Hall–Kier alpha value is -3.45. The molecule has 0 radical (unpaired) electrons. The maximum absolute atomic E-state index is 13.5. The van der Waals surface area contributed by atoms with Crippen LogP contribution in [0.3, 0.4) is 0 Å². The van der Waals surface area contributed by atoms with Crippen molar-refractivity contribution >= 4 is 51.7 Å². The average molecular weight is 541 g/mol. The number of fused-ring (bicyclic) bond motifs is 2. The number of amides is 1. The minimum absolute atomic E-state index is 0.0751. The lowest BCUT2D eigenvalue weighted by atomic mass is 10.2. The molecule has 0 spiro atoms. The van der Waals surface area contributed by atoms with Gasteiger partial charge in [-0.2, -0.15) is 0 Å². The molecule has 12 heteroatoms. The number of ether oxygens (including phenoxy) is 3. The summed E-state index contributed by atoms with van der Waals surface area (Å²) in [5, 5.41) is 12.0. The van der Waals surface area contributed by atoms with E-state index in [1.807, 2.05) is 25.1 Å². The fourth-order valence-corrected chi connectivity index (χ4v) is 5.16. The molecular weight excluding hydrogens is 516 g/mol. The zero-order valence-electron chi connectivity index (χ0n) is 19.9. The van der Waals surface area contributed by atoms with E-state index < -0.39 is 0 Å². The number of pyridine rings is 1. The number of aromatic nitrogens is 2. The maximum atomic E-state index is 13.5. The third kappa shape index (κ3) is 5.32. The van der Waals surface area contributed by atoms with Crippen LogP contribution >= 0.6 is 24.0 Å². The van der Waals surface area contributed by atoms with Crippen LogP contribution in [-0.2, 0) is 16.1 Å². The summed E-state index contributed by atoms with van der Waals surface area (Å²) in [6, 6.07) is 9.12. The molecule has 1 saturated heterocycles. The van der Waals surface area contributed by atoms with E-state index in [9.17, 15) is 9.59 Å². The van der Waals surface area contributed by atoms with Gasteiger partial charge in [0.05, 0.1) is 36.8 Å². The Kier molecular flexibility index (Phi) is 7.42. The van der Waals surface area contributed by atoms with Crippen molar-refractivity contribution in [1.29, 1.82) is 0 Å². The molecule has 0 saturated carbocycles. The maximum Gasteiger partial charge on any atom is 0.267 e. The highest BCUT2D eigenvalue weighted by molar-refractivity contribution is 8.26. The lowest BCUT2D eigenvalue weighted by Gasteiger charge is -2.15. The van der Waals surface area contributed by atoms with Crippen LogP contribution in [0, 0.1) is 6.92 Å². The van der Waals surface area contributed by atoms with Crippen LogP contribution in [0.1, 0.15) is 16.7 Å². The van der Waals surface area contributed by atoms with Crippen LogP contribution in [0.15, 0.2) is 46.2 Å². The molecule has 2 N–H and O–H groups in total. The number of rotatable bonds is 9. The van der Waals surface area contributed by atoms with E-state index in [-0.39, 0.29) is 43.6 Å². The first-order valence-corrected chi connectivity index (χ1v) is 12.8. The Morgan fingerprint density at radius 3 is 2.89 bits per heavy atom. The number of thioether (sulfide) groups is 1. The Morgan fingerprint density at radius 1 is 1.22 bits per heavy atom. The molecule has 3 aromatic rings. The topological polar surface area (TPSA) is 115 Å². The Bertz CT molecular complexity index is 1470. The molecule has 192 valence electrons. The smallest absolute Gasteiger partial charge is 0.267 e. The molecule has 1 aromatic carbocycles. The predicted molar refractivity (Wildman–Crippen MR) is 144 cm³/mol. The number of carbonyl (C=O) groups excluding carboxylic acids is 1. The SMILES string of the molecule is Cc1ccc2nc(NCCOCCO)c(/C=C3/SC(=S)N(Cc4ccc5c(c4)OCO5)C3=O)c(=O)n2c1. The van der Waals surface area contributed by atoms with Gasteiger partial charge in [0.2, 0.25) is 6.79 Å². The van der Waals surface area contributed by atoms with Gasteiger partial charge in [-0.25, -0.2) is 4.98 Å². The molecule has 1 fully saturated rings. The molecule has 5 rings (SSSR count). The summed E-state index contributed by atoms with van der Waals surface area (Å²) in [7, 11) is 0. The predicted octanol–water partition coefficient (Wildman–Crippen LogP) is 2.55. The van der Waals surface area contributed by atoms with Gasteiger partial charge in [0, 0.05) is 12.7 Å². The summed E-state index contributed by atoms with van der Waals surface area (Å²) in [6.07, 6.45) is 3.25. The molecule has 0 bridgehead atoms. The fourth-order valence-electron chi connectivity index (χ4n) is 3.92. The van der Waals surface area contributed by atoms with Crippen molar-refractivity contribution in [2.24, 2.45) is 0 Å². The number of aryl methyl sites for hydroxylation is 1. The molecule has 37 heavy (non-hydrogen) atoms. The van der Waals surface area contributed by atoms with Crippen molar-refractivity contribution in [3.05, 3.63) is 68.5 Å². The molecule has 0 aliphatic carbocycles. The van der Waals surface area contributed by atoms with Gasteiger partial charge >= 0.3 is 0 Å². The molecule has 2 aliphatic rings. The van der Waals surface area contributed by atoms with Crippen molar-refractivity contribution in [2.45, 2.75) is 13.5 Å². The first-order chi connectivity index (χ1) is 17.9. The quantitative estimate of drug-likeness (QED) is 0.238. The Labute approximate surface area is 221 Å². The van der Waals surface area contributed by atoms with Crippen molar-refractivity contribution in [2.75, 3.05) is 38.5 Å². The highest BCUT2D eigenvalue weighted by atomic mass is 32.2. The number of benzene rings is 1. The summed E-state index contributed by atoms with van der Waals surface area (Å²) < 4.78 is 17.9. The summed E-state index contributed by atoms with van der Waals surface area (Å²) >= 11 is 6.64. The molecule has 0 atom stereocenters. The fraction of sp³-hybridized carbons (Fsp3) is 0.280. The lowest BCUT2D eigenvalue weighted by Crippen LogP contribution is -2.27. The minimum Gasteiger partial charge on any atom is -0.454 e. The summed E-state index contributed by atoms with van der Waals surface area (Å²) in [5.74, 6) is 1.33. The number of anilines is 1. The number of carbonyl (C=O) groups is 1. The van der Waals surface area contributed by atoms with Crippen LogP contribution in [0.25, 0.3) is 11.7 Å². The van der Waals surface area contributed by atoms with E-state index in [1.165, 1.54) is 9.30 Å². The van der Waals surface area contributed by atoms with Crippen molar-refractivity contribution in [1.82, 2.24) is 14.3 Å². The van der Waals surface area contributed by atoms with E-state index >= 15 is 0 Å². The number of hydrogen-bond acceptors (Lipinski definition) is 10. The number of nitrogens with zero attached hydrogens (tertiary/aromatic N) is 3. The van der Waals surface area contributed by atoms with Gasteiger partial charge < -0.3 is 24.6 Å². The molecule has 10 nitrogen and oxygen atoms in total. The molecule has 4 heterocycles. The van der Waals surface area contributed by atoms with Gasteiger partial charge in [0.15, 0.2) is 11.5 Å². The van der Waals surface area contributed by atoms with Gasteiger partial charge in [-0.3, -0.25) is 18.9 Å². The van der Waals surface area contributed by atoms with Crippen molar-refractivity contribution in [3.8, 4) is 11.5 Å². The number of aliphatic hydroxyl groups is 1. The molecular formula is C25H24N4O6S2. The molecule has 2 aromatic heterocycles. The Morgan fingerprint density at radius 2 is 2.05 bits per heavy atom. The van der Waals surface area contributed by atoms with Crippen molar-refractivity contribution in [3.63, 3.8) is 0 Å². The summed E-state index contributed by atoms with van der Waals surface area (Å²) in [6.45, 7) is 3.13. The average Bonchev–Trinajstić information content (AvgIpc) is 3.46. The van der Waals surface area contributed by atoms with Crippen LogP contribution in [0.5, 0.6) is 11.5 Å². The number of thiocarbonyl (C=S) groups is 1. The largest absolute Gasteiger partial charge is 0.454 e. The van der Waals surface area contributed by atoms with Gasteiger partial charge in [-0.15, -0.1) is 0 Å². The van der Waals surface area contributed by atoms with Gasteiger partial charge in [0.1, 0.15) is 15.8 Å². The standard InChI is InChI=1S/C25H24N4O6S2/c1-15-2-5-21-27-22(26-6-8-33-9-7-30)17(23(31)28(21)12-15)11-20-24(32)29(25(36)37-20)13-16-3-4-18-19(10-16)35-14-34-18/h2-5,10-12,26,30H,6-9,13-14H2,1H3/b20-11+. The van der Waals surface area contributed by atoms with Crippen molar-refractivity contribution < 1.29 is 24.1 Å². The monoisotopic (exact) mass is 540 g/mol. The first-order valence-electron chi connectivity index (χ1n) is 11.5. The Balaban J connectivity index is 1.44. The van der Waals surface area contributed by atoms with Gasteiger partial charge in [0.25, 0.3) is 11.5 Å². The van der Waals surface area contributed by atoms with Gasteiger partial charge in [-0.1, -0.05) is 36.1 Å². The third-order valence-electron chi connectivity index (χ3n) is 5.71.